The van der Waals surface area contributed by atoms with Crippen molar-refractivity contribution in [1.29, 1.82) is 0 Å². The number of aliphatic carboxylic acids is 1. The van der Waals surface area contributed by atoms with Crippen LogP contribution >= 0.6 is 0 Å². The molecule has 1 amide bonds. The highest BCUT2D eigenvalue weighted by Gasteiger charge is 2.27. The first-order valence-electron chi connectivity index (χ1n) is 7.12. The summed E-state index contributed by atoms with van der Waals surface area (Å²) in [6, 6.07) is 3.61. The fourth-order valence-corrected chi connectivity index (χ4v) is 2.54. The van der Waals surface area contributed by atoms with Crippen LogP contribution in [0.1, 0.15) is 29.6 Å². The van der Waals surface area contributed by atoms with Crippen LogP contribution in [0.2, 0.25) is 0 Å². The SMILES string of the molecule is CN(C)c1ccc(C(=O)N2CCC(CCC(=O)O)C2)cn1. The van der Waals surface area contributed by atoms with Gasteiger partial charge in [0.25, 0.3) is 5.91 Å². The summed E-state index contributed by atoms with van der Waals surface area (Å²) < 4.78 is 0. The van der Waals surface area contributed by atoms with Gasteiger partial charge in [0.2, 0.25) is 0 Å². The third kappa shape index (κ3) is 3.93. The average molecular weight is 291 g/mol. The van der Waals surface area contributed by atoms with E-state index in [1.807, 2.05) is 25.1 Å². The van der Waals surface area contributed by atoms with Gasteiger partial charge < -0.3 is 14.9 Å². The van der Waals surface area contributed by atoms with Crippen molar-refractivity contribution in [3.63, 3.8) is 0 Å². The maximum atomic E-state index is 12.4. The standard InChI is InChI=1S/C15H21N3O3/c1-17(2)13-5-4-12(9-16-13)15(21)18-8-7-11(10-18)3-6-14(19)20/h4-5,9,11H,3,6-8,10H2,1-2H3,(H,19,20). The molecule has 1 N–H and O–H groups in total. The predicted molar refractivity (Wildman–Crippen MR) is 79.4 cm³/mol. The van der Waals surface area contributed by atoms with Gasteiger partial charge in [0.05, 0.1) is 5.56 Å². The minimum absolute atomic E-state index is 0.0226. The molecule has 6 nitrogen and oxygen atoms in total. The summed E-state index contributed by atoms with van der Waals surface area (Å²) in [5, 5.41) is 8.70. The van der Waals surface area contributed by atoms with E-state index in [9.17, 15) is 9.59 Å². The summed E-state index contributed by atoms with van der Waals surface area (Å²) >= 11 is 0. The molecule has 1 aliphatic rings. The zero-order valence-corrected chi connectivity index (χ0v) is 12.5. The Morgan fingerprint density at radius 2 is 2.19 bits per heavy atom. The number of amides is 1. The average Bonchev–Trinajstić information content (AvgIpc) is 2.93. The minimum Gasteiger partial charge on any atom is -0.481 e. The molecule has 1 saturated heterocycles. The fraction of sp³-hybridized carbons (Fsp3) is 0.533. The zero-order valence-electron chi connectivity index (χ0n) is 12.5. The first-order valence-corrected chi connectivity index (χ1v) is 7.12. The Morgan fingerprint density at radius 1 is 1.43 bits per heavy atom. The molecule has 0 radical (unpaired) electrons. The van der Waals surface area contributed by atoms with Crippen LogP contribution in [-0.4, -0.2) is 54.1 Å². The Hall–Kier alpha value is -2.11. The van der Waals surface area contributed by atoms with Crippen molar-refractivity contribution in [2.45, 2.75) is 19.3 Å². The van der Waals surface area contributed by atoms with Gasteiger partial charge in [0.15, 0.2) is 0 Å². The van der Waals surface area contributed by atoms with Crippen LogP contribution < -0.4 is 4.90 Å². The molecule has 0 aliphatic carbocycles. The van der Waals surface area contributed by atoms with Gasteiger partial charge in [-0.2, -0.15) is 0 Å². The van der Waals surface area contributed by atoms with Crippen LogP contribution in [0.3, 0.4) is 0 Å². The zero-order chi connectivity index (χ0) is 15.4. The van der Waals surface area contributed by atoms with E-state index in [0.717, 1.165) is 12.2 Å². The van der Waals surface area contributed by atoms with Crippen molar-refractivity contribution in [2.75, 3.05) is 32.1 Å². The lowest BCUT2D eigenvalue weighted by Crippen LogP contribution is -2.29. The molecule has 1 aromatic rings. The molecule has 1 aromatic heterocycles. The number of hydrogen-bond donors (Lipinski definition) is 1. The highest BCUT2D eigenvalue weighted by atomic mass is 16.4. The quantitative estimate of drug-likeness (QED) is 0.889. The molecule has 0 aromatic carbocycles. The molecule has 1 atom stereocenters. The number of carbonyl (C=O) groups is 2. The van der Waals surface area contributed by atoms with Crippen LogP contribution in [0.25, 0.3) is 0 Å². The monoisotopic (exact) mass is 291 g/mol. The van der Waals surface area contributed by atoms with Crippen LogP contribution in [-0.2, 0) is 4.79 Å². The molecule has 1 aliphatic heterocycles. The number of rotatable bonds is 5. The van der Waals surface area contributed by atoms with E-state index in [0.29, 0.717) is 31.0 Å². The molecule has 1 unspecified atom stereocenters. The number of carboxylic acid groups (broad SMARTS) is 1. The van der Waals surface area contributed by atoms with E-state index in [4.69, 9.17) is 5.11 Å². The van der Waals surface area contributed by atoms with Crippen molar-refractivity contribution < 1.29 is 14.7 Å². The Labute approximate surface area is 124 Å². The van der Waals surface area contributed by atoms with E-state index in [2.05, 4.69) is 4.98 Å². The summed E-state index contributed by atoms with van der Waals surface area (Å²) in [7, 11) is 3.80. The Bertz CT molecular complexity index is 513. The molecule has 0 saturated carbocycles. The molecule has 6 heteroatoms. The summed E-state index contributed by atoms with van der Waals surface area (Å²) in [6.45, 7) is 1.33. The number of aromatic nitrogens is 1. The summed E-state index contributed by atoms with van der Waals surface area (Å²) in [6.07, 6.45) is 3.28. The van der Waals surface area contributed by atoms with Crippen LogP contribution in [0.15, 0.2) is 18.3 Å². The fourth-order valence-electron chi connectivity index (χ4n) is 2.54. The molecular formula is C15H21N3O3. The van der Waals surface area contributed by atoms with E-state index < -0.39 is 5.97 Å². The van der Waals surface area contributed by atoms with E-state index in [1.165, 1.54) is 0 Å². The first-order chi connectivity index (χ1) is 9.97. The lowest BCUT2D eigenvalue weighted by Gasteiger charge is -2.17. The molecule has 21 heavy (non-hydrogen) atoms. The minimum atomic E-state index is -0.775. The van der Waals surface area contributed by atoms with E-state index >= 15 is 0 Å². The largest absolute Gasteiger partial charge is 0.481 e. The topological polar surface area (TPSA) is 73.7 Å². The van der Waals surface area contributed by atoms with Gasteiger partial charge in [0, 0.05) is 39.8 Å². The summed E-state index contributed by atoms with van der Waals surface area (Å²) in [5.74, 6) is 0.306. The number of hydrogen-bond acceptors (Lipinski definition) is 4. The van der Waals surface area contributed by atoms with Crippen LogP contribution in [0, 0.1) is 5.92 Å². The molecule has 1 fully saturated rings. The van der Waals surface area contributed by atoms with Crippen LogP contribution in [0.4, 0.5) is 5.82 Å². The molecule has 2 heterocycles. The smallest absolute Gasteiger partial charge is 0.303 e. The second-order valence-electron chi connectivity index (χ2n) is 5.64. The van der Waals surface area contributed by atoms with Gasteiger partial charge in [-0.15, -0.1) is 0 Å². The first kappa shape index (κ1) is 15.3. The number of carboxylic acids is 1. The lowest BCUT2D eigenvalue weighted by atomic mass is 10.0. The number of likely N-dealkylation sites (tertiary alicyclic amines) is 1. The summed E-state index contributed by atoms with van der Waals surface area (Å²) in [4.78, 5) is 30.9. The maximum Gasteiger partial charge on any atom is 0.303 e. The van der Waals surface area contributed by atoms with Gasteiger partial charge in [0.1, 0.15) is 5.82 Å². The van der Waals surface area contributed by atoms with Crippen molar-refractivity contribution in [2.24, 2.45) is 5.92 Å². The molecule has 2 rings (SSSR count). The highest BCUT2D eigenvalue weighted by molar-refractivity contribution is 5.94. The van der Waals surface area contributed by atoms with Crippen molar-refractivity contribution >= 4 is 17.7 Å². The molecule has 0 bridgehead atoms. The van der Waals surface area contributed by atoms with E-state index in [1.54, 1.807) is 17.2 Å². The van der Waals surface area contributed by atoms with Gasteiger partial charge in [-0.05, 0) is 30.9 Å². The van der Waals surface area contributed by atoms with Crippen molar-refractivity contribution in [3.8, 4) is 0 Å². The second-order valence-corrected chi connectivity index (χ2v) is 5.64. The highest BCUT2D eigenvalue weighted by Crippen LogP contribution is 2.22. The lowest BCUT2D eigenvalue weighted by molar-refractivity contribution is -0.137. The van der Waals surface area contributed by atoms with Crippen LogP contribution in [0.5, 0.6) is 0 Å². The third-order valence-corrected chi connectivity index (χ3v) is 3.79. The summed E-state index contributed by atoms with van der Waals surface area (Å²) in [5.41, 5.74) is 0.583. The normalized spacial score (nSPS) is 17.8. The van der Waals surface area contributed by atoms with Gasteiger partial charge in [-0.25, -0.2) is 4.98 Å². The maximum absolute atomic E-state index is 12.4. The Kier molecular flexibility index (Phi) is 4.77. The van der Waals surface area contributed by atoms with Gasteiger partial charge in [-0.1, -0.05) is 0 Å². The Morgan fingerprint density at radius 3 is 2.76 bits per heavy atom. The number of anilines is 1. The van der Waals surface area contributed by atoms with Crippen molar-refractivity contribution in [1.82, 2.24) is 9.88 Å². The third-order valence-electron chi connectivity index (χ3n) is 3.79. The number of nitrogens with zero attached hydrogens (tertiary/aromatic N) is 3. The molecule has 114 valence electrons. The molecule has 0 spiro atoms. The van der Waals surface area contributed by atoms with Crippen molar-refractivity contribution in [3.05, 3.63) is 23.9 Å². The number of pyridine rings is 1. The van der Waals surface area contributed by atoms with Gasteiger partial charge >= 0.3 is 5.97 Å². The Balaban J connectivity index is 1.93. The molecular weight excluding hydrogens is 270 g/mol. The predicted octanol–water partition coefficient (Wildman–Crippen LogP) is 1.47. The van der Waals surface area contributed by atoms with Gasteiger partial charge in [-0.3, -0.25) is 9.59 Å². The second kappa shape index (κ2) is 6.56. The number of carbonyl (C=O) groups excluding carboxylic acids is 1. The van der Waals surface area contributed by atoms with E-state index in [-0.39, 0.29) is 12.3 Å².